The Bertz CT molecular complexity index is 639. The van der Waals surface area contributed by atoms with Gasteiger partial charge >= 0.3 is 12.1 Å². The van der Waals surface area contributed by atoms with Gasteiger partial charge < -0.3 is 19.1 Å². The molecule has 25 heavy (non-hydrogen) atoms. The zero-order valence-electron chi connectivity index (χ0n) is 15.5. The molecule has 138 valence electrons. The van der Waals surface area contributed by atoms with E-state index in [0.29, 0.717) is 31.1 Å². The van der Waals surface area contributed by atoms with Crippen LogP contribution in [-0.2, 0) is 14.3 Å². The first kappa shape index (κ1) is 18.9. The first-order valence-corrected chi connectivity index (χ1v) is 8.35. The Hall–Kier alpha value is -2.44. The van der Waals surface area contributed by atoms with E-state index in [9.17, 15) is 9.59 Å². The first-order chi connectivity index (χ1) is 11.8. The van der Waals surface area contributed by atoms with Crippen LogP contribution in [0, 0.1) is 0 Å². The van der Waals surface area contributed by atoms with Crippen molar-refractivity contribution in [2.45, 2.75) is 33.3 Å². The minimum absolute atomic E-state index is 0.121. The molecule has 1 aliphatic rings. The molecule has 0 spiro atoms. The lowest BCUT2D eigenvalue weighted by Crippen LogP contribution is -2.47. The number of ether oxygens (including phenoxy) is 3. The van der Waals surface area contributed by atoms with Gasteiger partial charge in [0.25, 0.3) is 0 Å². The van der Waals surface area contributed by atoms with Gasteiger partial charge in [0.05, 0.1) is 19.4 Å². The van der Waals surface area contributed by atoms with Gasteiger partial charge in [0.15, 0.2) is 0 Å². The number of fused-ring (bicyclic) bond motifs is 1. The third kappa shape index (κ3) is 4.55. The third-order valence-electron chi connectivity index (χ3n) is 3.64. The predicted octanol–water partition coefficient (Wildman–Crippen LogP) is 2.82. The van der Waals surface area contributed by atoms with Gasteiger partial charge in [-0.25, -0.2) is 4.79 Å². The second kappa shape index (κ2) is 7.63. The molecule has 0 unspecified atom stereocenters. The lowest BCUT2D eigenvalue weighted by molar-refractivity contribution is -0.141. The van der Waals surface area contributed by atoms with Crippen LogP contribution in [0.2, 0.25) is 0 Å². The number of methoxy groups -OCH3 is 1. The molecule has 1 aromatic carbocycles. The number of para-hydroxylation sites is 1. The molecular weight excluding hydrogens is 324 g/mol. The van der Waals surface area contributed by atoms with E-state index in [4.69, 9.17) is 14.2 Å². The Morgan fingerprint density at radius 2 is 1.92 bits per heavy atom. The molecule has 0 fully saturated rings. The predicted molar refractivity (Wildman–Crippen MR) is 95.4 cm³/mol. The number of carbonyl (C=O) groups excluding carboxylic acids is 2. The summed E-state index contributed by atoms with van der Waals surface area (Å²) >= 11 is 0. The van der Waals surface area contributed by atoms with Crippen LogP contribution in [0.15, 0.2) is 18.2 Å². The standard InChI is InChI=1S/C18H26N2O5/c1-6-24-15(21)12-19-10-11-20(17(22)25-18(2,3)4)16-13(19)8-7-9-14(16)23-5/h7-9H,6,10-12H2,1-5H3. The summed E-state index contributed by atoms with van der Waals surface area (Å²) in [6.45, 7) is 8.59. The van der Waals surface area contributed by atoms with Crippen LogP contribution in [0.3, 0.4) is 0 Å². The van der Waals surface area contributed by atoms with Crippen molar-refractivity contribution in [3.8, 4) is 5.75 Å². The Morgan fingerprint density at radius 3 is 2.52 bits per heavy atom. The molecule has 0 saturated carbocycles. The van der Waals surface area contributed by atoms with Crippen LogP contribution >= 0.6 is 0 Å². The molecule has 1 aliphatic heterocycles. The second-order valence-electron chi connectivity index (χ2n) is 6.69. The average molecular weight is 350 g/mol. The Labute approximate surface area is 148 Å². The molecule has 2 rings (SSSR count). The van der Waals surface area contributed by atoms with Crippen LogP contribution in [0.1, 0.15) is 27.7 Å². The fourth-order valence-corrected chi connectivity index (χ4v) is 2.68. The van der Waals surface area contributed by atoms with Crippen molar-refractivity contribution >= 4 is 23.4 Å². The third-order valence-corrected chi connectivity index (χ3v) is 3.64. The van der Waals surface area contributed by atoms with Gasteiger partial charge in [0.2, 0.25) is 0 Å². The van der Waals surface area contributed by atoms with E-state index < -0.39 is 11.7 Å². The van der Waals surface area contributed by atoms with Gasteiger partial charge in [-0.2, -0.15) is 0 Å². The molecule has 1 aromatic rings. The van der Waals surface area contributed by atoms with Crippen LogP contribution < -0.4 is 14.5 Å². The topological polar surface area (TPSA) is 68.3 Å². The molecule has 0 atom stereocenters. The lowest BCUT2D eigenvalue weighted by atomic mass is 10.1. The smallest absolute Gasteiger partial charge is 0.415 e. The molecular formula is C18H26N2O5. The summed E-state index contributed by atoms with van der Waals surface area (Å²) in [7, 11) is 1.55. The first-order valence-electron chi connectivity index (χ1n) is 8.35. The Kier molecular flexibility index (Phi) is 5.77. The maximum absolute atomic E-state index is 12.6. The summed E-state index contributed by atoms with van der Waals surface area (Å²) in [4.78, 5) is 27.9. The van der Waals surface area contributed by atoms with Crippen molar-refractivity contribution in [2.24, 2.45) is 0 Å². The van der Waals surface area contributed by atoms with Gasteiger partial charge in [-0.15, -0.1) is 0 Å². The van der Waals surface area contributed by atoms with E-state index in [2.05, 4.69) is 0 Å². The molecule has 0 bridgehead atoms. The molecule has 7 heteroatoms. The summed E-state index contributed by atoms with van der Waals surface area (Å²) in [5.41, 5.74) is 0.751. The molecule has 0 N–H and O–H groups in total. The number of esters is 1. The molecule has 1 heterocycles. The Morgan fingerprint density at radius 1 is 1.20 bits per heavy atom. The van der Waals surface area contributed by atoms with Gasteiger partial charge in [-0.3, -0.25) is 9.69 Å². The van der Waals surface area contributed by atoms with Crippen molar-refractivity contribution in [2.75, 3.05) is 43.2 Å². The normalized spacial score (nSPS) is 14.0. The summed E-state index contributed by atoms with van der Waals surface area (Å²) in [6, 6.07) is 5.46. The largest absolute Gasteiger partial charge is 0.494 e. The number of hydrogen-bond donors (Lipinski definition) is 0. The monoisotopic (exact) mass is 350 g/mol. The van der Waals surface area contributed by atoms with E-state index in [1.165, 1.54) is 0 Å². The van der Waals surface area contributed by atoms with E-state index in [1.807, 2.05) is 37.8 Å². The number of rotatable bonds is 4. The summed E-state index contributed by atoms with van der Waals surface area (Å²) in [6.07, 6.45) is -0.436. The lowest BCUT2D eigenvalue weighted by Gasteiger charge is -2.38. The highest BCUT2D eigenvalue weighted by atomic mass is 16.6. The summed E-state index contributed by atoms with van der Waals surface area (Å²) in [5, 5.41) is 0. The van der Waals surface area contributed by atoms with Crippen LogP contribution in [-0.4, -0.2) is 51.0 Å². The minimum Gasteiger partial charge on any atom is -0.494 e. The number of anilines is 2. The zero-order valence-corrected chi connectivity index (χ0v) is 15.5. The molecule has 0 saturated heterocycles. The van der Waals surface area contributed by atoms with Crippen LogP contribution in [0.5, 0.6) is 5.75 Å². The number of hydrogen-bond acceptors (Lipinski definition) is 6. The quantitative estimate of drug-likeness (QED) is 0.778. The highest BCUT2D eigenvalue weighted by molar-refractivity contribution is 5.97. The zero-order chi connectivity index (χ0) is 18.6. The van der Waals surface area contributed by atoms with Gasteiger partial charge in [-0.05, 0) is 39.8 Å². The molecule has 0 radical (unpaired) electrons. The van der Waals surface area contributed by atoms with Crippen molar-refractivity contribution in [1.82, 2.24) is 0 Å². The number of nitrogens with zero attached hydrogens (tertiary/aromatic N) is 2. The van der Waals surface area contributed by atoms with Gasteiger partial charge in [0, 0.05) is 13.1 Å². The average Bonchev–Trinajstić information content (AvgIpc) is 2.53. The number of benzene rings is 1. The summed E-state index contributed by atoms with van der Waals surface area (Å²) < 4.78 is 16.0. The van der Waals surface area contributed by atoms with Crippen LogP contribution in [0.25, 0.3) is 0 Å². The fourth-order valence-electron chi connectivity index (χ4n) is 2.68. The van der Waals surface area contributed by atoms with Crippen molar-refractivity contribution < 1.29 is 23.8 Å². The highest BCUT2D eigenvalue weighted by Crippen LogP contribution is 2.41. The molecule has 0 aliphatic carbocycles. The van der Waals surface area contributed by atoms with Crippen molar-refractivity contribution in [3.63, 3.8) is 0 Å². The van der Waals surface area contributed by atoms with Crippen molar-refractivity contribution in [3.05, 3.63) is 18.2 Å². The van der Waals surface area contributed by atoms with E-state index >= 15 is 0 Å². The number of amides is 1. The Balaban J connectivity index is 2.35. The maximum atomic E-state index is 12.6. The van der Waals surface area contributed by atoms with Gasteiger partial charge in [-0.1, -0.05) is 6.07 Å². The highest BCUT2D eigenvalue weighted by Gasteiger charge is 2.33. The van der Waals surface area contributed by atoms with Crippen LogP contribution in [0.4, 0.5) is 16.2 Å². The molecule has 7 nitrogen and oxygen atoms in total. The maximum Gasteiger partial charge on any atom is 0.415 e. The molecule has 1 amide bonds. The summed E-state index contributed by atoms with van der Waals surface area (Å²) in [5.74, 6) is 0.249. The van der Waals surface area contributed by atoms with E-state index in [-0.39, 0.29) is 12.5 Å². The van der Waals surface area contributed by atoms with Crippen molar-refractivity contribution in [1.29, 1.82) is 0 Å². The van der Waals surface area contributed by atoms with E-state index in [0.717, 1.165) is 5.69 Å². The fraction of sp³-hybridized carbons (Fsp3) is 0.556. The SMILES string of the molecule is CCOC(=O)CN1CCN(C(=O)OC(C)(C)C)c2c(OC)cccc21. The minimum atomic E-state index is -0.596. The molecule has 0 aromatic heterocycles. The second-order valence-corrected chi connectivity index (χ2v) is 6.69. The van der Waals surface area contributed by atoms with E-state index in [1.54, 1.807) is 25.0 Å². The number of carbonyl (C=O) groups is 2. The van der Waals surface area contributed by atoms with Gasteiger partial charge in [0.1, 0.15) is 23.6 Å².